The molecule has 1 unspecified atom stereocenters. The molecule has 22 heavy (non-hydrogen) atoms. The number of benzene rings is 1. The summed E-state index contributed by atoms with van der Waals surface area (Å²) in [6.07, 6.45) is -0.565. The van der Waals surface area contributed by atoms with Gasteiger partial charge in [0.25, 0.3) is 0 Å². The number of hydrogen-bond donors (Lipinski definition) is 0. The van der Waals surface area contributed by atoms with Crippen LogP contribution in [0.25, 0.3) is 0 Å². The molecule has 1 atom stereocenters. The molecule has 2 rings (SSSR count). The number of nitrogens with zero attached hydrogens (tertiary/aromatic N) is 2. The van der Waals surface area contributed by atoms with Gasteiger partial charge in [-0.3, -0.25) is 0 Å². The normalized spacial score (nSPS) is 21.0. The van der Waals surface area contributed by atoms with E-state index in [9.17, 15) is 14.4 Å². The second-order valence-electron chi connectivity index (χ2n) is 4.96. The van der Waals surface area contributed by atoms with E-state index < -0.39 is 23.6 Å². The van der Waals surface area contributed by atoms with Gasteiger partial charge < -0.3 is 12.7 Å². The van der Waals surface area contributed by atoms with Crippen molar-refractivity contribution in [2.75, 3.05) is 20.7 Å². The highest BCUT2D eigenvalue weighted by Gasteiger charge is 2.56. The molecule has 0 spiro atoms. The van der Waals surface area contributed by atoms with Gasteiger partial charge in [-0.25, -0.2) is 19.3 Å². The first kappa shape index (κ1) is 16.5. The molecule has 0 aromatic heterocycles. The molecule has 1 saturated heterocycles. The Kier molecular flexibility index (Phi) is 4.89. The van der Waals surface area contributed by atoms with E-state index in [2.05, 4.69) is 3.07 Å². The number of urea groups is 1. The molecule has 1 fully saturated rings. The molecule has 118 valence electrons. The fraction of sp³-hybridized carbons (Fsp3) is 0.357. The summed E-state index contributed by atoms with van der Waals surface area (Å²) >= 11 is 1.40. The van der Waals surface area contributed by atoms with Crippen LogP contribution in [0.2, 0.25) is 0 Å². The Balaban J connectivity index is 2.40. The maximum atomic E-state index is 12.4. The van der Waals surface area contributed by atoms with E-state index >= 15 is 0 Å². The zero-order chi connectivity index (χ0) is 16.3. The van der Waals surface area contributed by atoms with Crippen LogP contribution in [0.15, 0.2) is 30.3 Å². The molecule has 1 aliphatic rings. The van der Waals surface area contributed by atoms with Crippen molar-refractivity contribution in [3.05, 3.63) is 35.9 Å². The van der Waals surface area contributed by atoms with Crippen LogP contribution in [-0.4, -0.2) is 54.1 Å². The minimum Gasteiger partial charge on any atom is -0.467 e. The van der Waals surface area contributed by atoms with E-state index in [1.165, 1.54) is 42.1 Å². The predicted octanol–water partition coefficient (Wildman–Crippen LogP) is 1.99. The molecule has 0 saturated carbocycles. The number of rotatable bonds is 3. The van der Waals surface area contributed by atoms with E-state index in [1.807, 2.05) is 30.3 Å². The lowest BCUT2D eigenvalue weighted by atomic mass is 9.90. The van der Waals surface area contributed by atoms with Crippen LogP contribution in [0.1, 0.15) is 5.56 Å². The summed E-state index contributed by atoms with van der Waals surface area (Å²) in [5.74, 6) is -0.573. The van der Waals surface area contributed by atoms with Crippen LogP contribution >= 0.6 is 23.0 Å². The number of carbonyl (C=O) groups excluding carboxylic acids is 3. The zero-order valence-electron chi connectivity index (χ0n) is 12.1. The highest BCUT2D eigenvalue weighted by Crippen LogP contribution is 2.31. The van der Waals surface area contributed by atoms with Crippen molar-refractivity contribution >= 4 is 41.1 Å². The molecule has 3 amide bonds. The van der Waals surface area contributed by atoms with Gasteiger partial charge in [0, 0.05) is 13.5 Å². The molecular formula is C14H15IN2O5. The molecule has 1 heterocycles. The highest BCUT2D eigenvalue weighted by molar-refractivity contribution is 14.1. The third-order valence-electron chi connectivity index (χ3n) is 3.77. The third-order valence-corrected chi connectivity index (χ3v) is 4.15. The van der Waals surface area contributed by atoms with Gasteiger partial charge in [-0.2, -0.15) is 0 Å². The molecule has 0 radical (unpaired) electrons. The van der Waals surface area contributed by atoms with Crippen molar-refractivity contribution in [2.24, 2.45) is 0 Å². The van der Waals surface area contributed by atoms with E-state index in [0.29, 0.717) is 0 Å². The smallest absolute Gasteiger partial charge is 0.427 e. The second kappa shape index (κ2) is 6.51. The minimum atomic E-state index is -1.27. The van der Waals surface area contributed by atoms with Crippen LogP contribution in [0.5, 0.6) is 0 Å². The Bertz CT molecular complexity index is 594. The Morgan fingerprint density at radius 1 is 1.32 bits per heavy atom. The van der Waals surface area contributed by atoms with E-state index in [4.69, 9.17) is 4.74 Å². The first-order valence-electron chi connectivity index (χ1n) is 6.46. The largest absolute Gasteiger partial charge is 0.467 e. The number of ether oxygens (including phenoxy) is 1. The summed E-state index contributed by atoms with van der Waals surface area (Å²) in [5, 5.41) is 0. The minimum absolute atomic E-state index is 0.119. The van der Waals surface area contributed by atoms with Gasteiger partial charge in [-0.1, -0.05) is 30.3 Å². The van der Waals surface area contributed by atoms with Crippen LogP contribution in [-0.2, 0) is 19.0 Å². The first-order valence-corrected chi connectivity index (χ1v) is 7.34. The van der Waals surface area contributed by atoms with E-state index in [0.717, 1.165) is 10.5 Å². The van der Waals surface area contributed by atoms with Crippen molar-refractivity contribution in [2.45, 2.75) is 12.0 Å². The van der Waals surface area contributed by atoms with Gasteiger partial charge in [0.1, 0.15) is 0 Å². The summed E-state index contributed by atoms with van der Waals surface area (Å²) in [7, 11) is 2.73. The quantitative estimate of drug-likeness (QED) is 0.555. The molecule has 0 N–H and O–H groups in total. The number of amides is 3. The maximum Gasteiger partial charge on any atom is 0.427 e. The van der Waals surface area contributed by atoms with Gasteiger partial charge >= 0.3 is 18.1 Å². The van der Waals surface area contributed by atoms with E-state index in [1.54, 1.807) is 0 Å². The lowest BCUT2D eigenvalue weighted by Gasteiger charge is -2.31. The van der Waals surface area contributed by atoms with Crippen LogP contribution < -0.4 is 0 Å². The summed E-state index contributed by atoms with van der Waals surface area (Å²) in [6, 6.07) is 8.65. The Morgan fingerprint density at radius 2 is 1.95 bits per heavy atom. The summed E-state index contributed by atoms with van der Waals surface area (Å²) < 4.78 is 9.44. The molecule has 0 aliphatic carbocycles. The van der Waals surface area contributed by atoms with Gasteiger partial charge in [0.2, 0.25) is 0 Å². The monoisotopic (exact) mass is 418 g/mol. The first-order chi connectivity index (χ1) is 10.5. The fourth-order valence-corrected chi connectivity index (χ4v) is 2.79. The molecule has 1 aromatic rings. The lowest BCUT2D eigenvalue weighted by Crippen LogP contribution is -2.54. The average molecular weight is 418 g/mol. The molecule has 1 aromatic carbocycles. The number of imide groups is 1. The zero-order valence-corrected chi connectivity index (χ0v) is 14.3. The third kappa shape index (κ3) is 2.74. The fourth-order valence-electron chi connectivity index (χ4n) is 2.56. The van der Waals surface area contributed by atoms with Gasteiger partial charge in [0.05, 0.1) is 13.7 Å². The van der Waals surface area contributed by atoms with Gasteiger partial charge in [0.15, 0.2) is 28.5 Å². The summed E-state index contributed by atoms with van der Waals surface area (Å²) in [4.78, 5) is 38.5. The SMILES string of the molecule is COC(=O)C1(Cc2ccccc2)CN(C(=O)OI)C(=O)N1C. The van der Waals surface area contributed by atoms with Crippen LogP contribution in [0.4, 0.5) is 9.59 Å². The Morgan fingerprint density at radius 3 is 2.50 bits per heavy atom. The molecular weight excluding hydrogens is 403 g/mol. The molecule has 0 bridgehead atoms. The number of hydrogen-bond acceptors (Lipinski definition) is 5. The number of carbonyl (C=O) groups is 3. The predicted molar refractivity (Wildman–Crippen MR) is 85.3 cm³/mol. The number of likely N-dealkylation sites (N-methyl/N-ethyl adjacent to an activating group) is 1. The summed E-state index contributed by atoms with van der Waals surface area (Å²) in [6.45, 7) is -0.119. The average Bonchev–Trinajstić information content (AvgIpc) is 2.80. The van der Waals surface area contributed by atoms with E-state index in [-0.39, 0.29) is 13.0 Å². The van der Waals surface area contributed by atoms with Gasteiger partial charge in [-0.15, -0.1) is 0 Å². The van der Waals surface area contributed by atoms with Crippen molar-refractivity contribution in [3.63, 3.8) is 0 Å². The van der Waals surface area contributed by atoms with Crippen molar-refractivity contribution < 1.29 is 22.2 Å². The number of halogens is 1. The second-order valence-corrected chi connectivity index (χ2v) is 5.40. The van der Waals surface area contributed by atoms with Crippen molar-refractivity contribution in [3.8, 4) is 0 Å². The summed E-state index contributed by atoms with van der Waals surface area (Å²) in [5.41, 5.74) is -0.407. The number of esters is 1. The lowest BCUT2D eigenvalue weighted by molar-refractivity contribution is -0.151. The molecule has 1 aliphatic heterocycles. The Hall–Kier alpha value is -1.84. The Labute approximate surface area is 141 Å². The molecule has 7 nitrogen and oxygen atoms in total. The van der Waals surface area contributed by atoms with Crippen molar-refractivity contribution in [1.82, 2.24) is 9.80 Å². The van der Waals surface area contributed by atoms with Crippen LogP contribution in [0, 0.1) is 0 Å². The highest BCUT2D eigenvalue weighted by atomic mass is 127. The standard InChI is InChI=1S/C14H15IN2O5/c1-16-12(19)17(13(20)22-15)9-14(16,11(18)21-2)8-10-6-4-3-5-7-10/h3-7H,8-9H2,1-2H3. The van der Waals surface area contributed by atoms with Gasteiger partial charge in [-0.05, 0) is 5.56 Å². The molecule has 8 heteroatoms. The maximum absolute atomic E-state index is 12.4. The van der Waals surface area contributed by atoms with Crippen molar-refractivity contribution in [1.29, 1.82) is 0 Å². The topological polar surface area (TPSA) is 76.1 Å². The number of methoxy groups -OCH3 is 1. The van der Waals surface area contributed by atoms with Crippen LogP contribution in [0.3, 0.4) is 0 Å².